The molecule has 0 spiro atoms. The molecule has 0 radical (unpaired) electrons. The second-order valence-corrected chi connectivity index (χ2v) is 8.62. The summed E-state index contributed by atoms with van der Waals surface area (Å²) in [5.74, 6) is 0.611. The van der Waals surface area contributed by atoms with Crippen LogP contribution in [-0.4, -0.2) is 48.1 Å². The van der Waals surface area contributed by atoms with E-state index in [1.807, 2.05) is 0 Å². The fourth-order valence-electron chi connectivity index (χ4n) is 2.92. The topological polar surface area (TPSA) is 82.4 Å². The minimum absolute atomic E-state index is 0.115. The van der Waals surface area contributed by atoms with Crippen LogP contribution in [0, 0.1) is 0 Å². The van der Waals surface area contributed by atoms with E-state index in [0.717, 1.165) is 0 Å². The van der Waals surface area contributed by atoms with Gasteiger partial charge < -0.3 is 14.8 Å². The van der Waals surface area contributed by atoms with Crippen molar-refractivity contribution in [3.05, 3.63) is 62.9 Å². The normalized spacial score (nSPS) is 11.0. The maximum atomic E-state index is 13.0. The number of thioether (sulfide) groups is 1. The van der Waals surface area contributed by atoms with E-state index in [4.69, 9.17) is 32.7 Å². The lowest BCUT2D eigenvalue weighted by atomic mass is 10.2. The zero-order valence-corrected chi connectivity index (χ0v) is 19.8. The Morgan fingerprint density at radius 2 is 1.88 bits per heavy atom. The first-order valence-electron chi connectivity index (χ1n) is 9.95. The first kappa shape index (κ1) is 24.4. The second-order valence-electron chi connectivity index (χ2n) is 6.80. The number of nitrogens with one attached hydrogen (secondary N) is 1. The van der Waals surface area contributed by atoms with Gasteiger partial charge in [0, 0.05) is 30.3 Å². The Morgan fingerprint density at radius 3 is 2.62 bits per heavy atom. The molecule has 0 aliphatic rings. The van der Waals surface area contributed by atoms with Gasteiger partial charge in [0.2, 0.25) is 5.91 Å². The molecule has 3 rings (SSSR count). The van der Waals surface area contributed by atoms with Crippen molar-refractivity contribution in [1.29, 1.82) is 0 Å². The van der Waals surface area contributed by atoms with E-state index < -0.39 is 0 Å². The lowest BCUT2D eigenvalue weighted by Gasteiger charge is -2.13. The molecule has 1 amide bonds. The molecule has 32 heavy (non-hydrogen) atoms. The number of hydrogen-bond acceptors (Lipinski definition) is 6. The molecule has 7 nitrogen and oxygen atoms in total. The number of hydrogen-bond donors (Lipinski definition) is 1. The van der Waals surface area contributed by atoms with Crippen molar-refractivity contribution in [2.75, 3.05) is 32.6 Å². The fraction of sp³-hybridized carbons (Fsp3) is 0.318. The number of halogens is 2. The molecule has 0 saturated heterocycles. The largest absolute Gasteiger partial charge is 0.492 e. The van der Waals surface area contributed by atoms with Crippen molar-refractivity contribution >= 4 is 51.8 Å². The summed E-state index contributed by atoms with van der Waals surface area (Å²) in [6.07, 6.45) is 0.652. The summed E-state index contributed by atoms with van der Waals surface area (Å²) in [5.41, 5.74) is 0.340. The zero-order valence-electron chi connectivity index (χ0n) is 17.5. The van der Waals surface area contributed by atoms with Gasteiger partial charge in [-0.2, -0.15) is 0 Å². The predicted octanol–water partition coefficient (Wildman–Crippen LogP) is 4.03. The molecule has 170 valence electrons. The molecule has 10 heteroatoms. The van der Waals surface area contributed by atoms with Crippen molar-refractivity contribution < 1.29 is 14.3 Å². The third-order valence-electron chi connectivity index (χ3n) is 4.45. The number of methoxy groups -OCH3 is 1. The Morgan fingerprint density at radius 1 is 1.12 bits per heavy atom. The summed E-state index contributed by atoms with van der Waals surface area (Å²) in [5, 5.41) is 4.88. The minimum Gasteiger partial charge on any atom is -0.492 e. The van der Waals surface area contributed by atoms with Crippen LogP contribution < -0.4 is 15.6 Å². The Kier molecular flexibility index (Phi) is 9.23. The molecule has 1 heterocycles. The summed E-state index contributed by atoms with van der Waals surface area (Å²) in [7, 11) is 1.61. The average molecular weight is 496 g/mol. The van der Waals surface area contributed by atoms with E-state index in [0.29, 0.717) is 64.6 Å². The van der Waals surface area contributed by atoms with E-state index in [9.17, 15) is 9.59 Å². The summed E-state index contributed by atoms with van der Waals surface area (Å²) in [6, 6.07) is 12.0. The first-order valence-corrected chi connectivity index (χ1v) is 11.7. The molecule has 0 saturated carbocycles. The van der Waals surface area contributed by atoms with Gasteiger partial charge in [0.1, 0.15) is 12.4 Å². The SMILES string of the molecule is COCCCn1c(SCC(=O)NCCOc2ccc(Cl)cc2)nc2cc(Cl)ccc2c1=O. The minimum atomic E-state index is -0.182. The third-order valence-corrected chi connectivity index (χ3v) is 5.91. The van der Waals surface area contributed by atoms with Crippen LogP contribution in [-0.2, 0) is 16.1 Å². The molecule has 0 unspecified atom stereocenters. The van der Waals surface area contributed by atoms with Gasteiger partial charge >= 0.3 is 0 Å². The molecule has 3 aromatic rings. The van der Waals surface area contributed by atoms with Crippen LogP contribution >= 0.6 is 35.0 Å². The van der Waals surface area contributed by atoms with Crippen LogP contribution in [0.3, 0.4) is 0 Å². The van der Waals surface area contributed by atoms with E-state index in [1.54, 1.807) is 54.1 Å². The predicted molar refractivity (Wildman–Crippen MR) is 128 cm³/mol. The Bertz CT molecular complexity index is 1120. The molecule has 1 aromatic heterocycles. The Labute approximate surface area is 200 Å². The first-order chi connectivity index (χ1) is 15.5. The summed E-state index contributed by atoms with van der Waals surface area (Å²) >= 11 is 13.1. The van der Waals surface area contributed by atoms with Gasteiger partial charge in [-0.3, -0.25) is 14.2 Å². The van der Waals surface area contributed by atoms with E-state index >= 15 is 0 Å². The van der Waals surface area contributed by atoms with E-state index in [-0.39, 0.29) is 17.2 Å². The number of carbonyl (C=O) groups is 1. The van der Waals surface area contributed by atoms with Crippen molar-refractivity contribution in [2.24, 2.45) is 0 Å². The molecular formula is C22H23Cl2N3O4S. The fourth-order valence-corrected chi connectivity index (χ4v) is 4.07. The monoisotopic (exact) mass is 495 g/mol. The number of fused-ring (bicyclic) bond motifs is 1. The van der Waals surface area contributed by atoms with Gasteiger partial charge in [-0.25, -0.2) is 4.98 Å². The van der Waals surface area contributed by atoms with Gasteiger partial charge in [-0.05, 0) is 48.9 Å². The zero-order chi connectivity index (χ0) is 22.9. The molecule has 0 fully saturated rings. The van der Waals surface area contributed by atoms with Gasteiger partial charge in [0.25, 0.3) is 5.56 Å². The number of rotatable bonds is 11. The maximum absolute atomic E-state index is 13.0. The summed E-state index contributed by atoms with van der Waals surface area (Å²) in [6.45, 7) is 1.64. The Hall–Kier alpha value is -2.26. The van der Waals surface area contributed by atoms with Crippen molar-refractivity contribution in [2.45, 2.75) is 18.1 Å². The number of nitrogens with zero attached hydrogens (tertiary/aromatic N) is 2. The van der Waals surface area contributed by atoms with Crippen LogP contribution in [0.1, 0.15) is 6.42 Å². The molecule has 0 aliphatic carbocycles. The van der Waals surface area contributed by atoms with Crippen LogP contribution in [0.25, 0.3) is 10.9 Å². The second kappa shape index (κ2) is 12.1. The van der Waals surface area contributed by atoms with Crippen molar-refractivity contribution in [3.63, 3.8) is 0 Å². The highest BCUT2D eigenvalue weighted by Gasteiger charge is 2.13. The quantitative estimate of drug-likeness (QED) is 0.245. The Balaban J connectivity index is 1.60. The van der Waals surface area contributed by atoms with E-state index in [2.05, 4.69) is 10.3 Å². The van der Waals surface area contributed by atoms with Gasteiger partial charge in [0.05, 0.1) is 23.2 Å². The van der Waals surface area contributed by atoms with Crippen LogP contribution in [0.2, 0.25) is 10.0 Å². The summed E-state index contributed by atoms with van der Waals surface area (Å²) in [4.78, 5) is 29.8. The number of aromatic nitrogens is 2. The highest BCUT2D eigenvalue weighted by atomic mass is 35.5. The average Bonchev–Trinajstić information content (AvgIpc) is 2.78. The lowest BCUT2D eigenvalue weighted by Crippen LogP contribution is -2.30. The van der Waals surface area contributed by atoms with E-state index in [1.165, 1.54) is 11.8 Å². The number of amides is 1. The van der Waals surface area contributed by atoms with Crippen LogP contribution in [0.4, 0.5) is 0 Å². The highest BCUT2D eigenvalue weighted by Crippen LogP contribution is 2.21. The smallest absolute Gasteiger partial charge is 0.262 e. The number of carbonyl (C=O) groups excluding carboxylic acids is 1. The van der Waals surface area contributed by atoms with Crippen molar-refractivity contribution in [1.82, 2.24) is 14.9 Å². The van der Waals surface area contributed by atoms with Gasteiger partial charge in [-0.1, -0.05) is 35.0 Å². The lowest BCUT2D eigenvalue weighted by molar-refractivity contribution is -0.118. The summed E-state index contributed by atoms with van der Waals surface area (Å²) < 4.78 is 12.2. The molecule has 0 bridgehead atoms. The van der Waals surface area contributed by atoms with Crippen LogP contribution in [0.15, 0.2) is 52.4 Å². The van der Waals surface area contributed by atoms with Gasteiger partial charge in [0.15, 0.2) is 5.16 Å². The highest BCUT2D eigenvalue weighted by molar-refractivity contribution is 7.99. The molecule has 2 aromatic carbocycles. The molecular weight excluding hydrogens is 473 g/mol. The third kappa shape index (κ3) is 6.87. The maximum Gasteiger partial charge on any atom is 0.262 e. The number of benzene rings is 2. The van der Waals surface area contributed by atoms with Gasteiger partial charge in [-0.15, -0.1) is 0 Å². The molecule has 0 atom stereocenters. The van der Waals surface area contributed by atoms with Crippen LogP contribution in [0.5, 0.6) is 5.75 Å². The molecule has 0 aliphatic heterocycles. The molecule has 1 N–H and O–H groups in total. The number of ether oxygens (including phenoxy) is 2. The standard InChI is InChI=1S/C22H23Cl2N3O4S/c1-30-11-2-10-27-21(29)18-8-5-16(24)13-19(18)26-22(27)32-14-20(28)25-9-12-31-17-6-3-15(23)4-7-17/h3-8,13H,2,9-12,14H2,1H3,(H,25,28). The van der Waals surface area contributed by atoms with Crippen molar-refractivity contribution in [3.8, 4) is 5.75 Å².